The normalized spacial score (nSPS) is 11.3. The maximum Gasteiger partial charge on any atom is 0.329 e. The Balaban J connectivity index is 1.55. The van der Waals surface area contributed by atoms with E-state index in [1.54, 1.807) is 12.1 Å². The topological polar surface area (TPSA) is 230 Å². The average molecular weight is 767 g/mol. The zero-order chi connectivity index (χ0) is 38.6. The van der Waals surface area contributed by atoms with E-state index in [9.17, 15) is 27.6 Å². The van der Waals surface area contributed by atoms with E-state index in [1.165, 1.54) is 18.5 Å². The summed E-state index contributed by atoms with van der Waals surface area (Å²) in [7, 11) is -3.95. The van der Waals surface area contributed by atoms with Crippen LogP contribution in [0.3, 0.4) is 0 Å². The second-order valence-corrected chi connectivity index (χ2v) is 13.9. The summed E-state index contributed by atoms with van der Waals surface area (Å²) >= 11 is 0. The second-order valence-electron chi connectivity index (χ2n) is 12.2. The molecule has 0 unspecified atom stereocenters. The first kappa shape index (κ1) is 45.1. The number of rotatable bonds is 33. The van der Waals surface area contributed by atoms with Gasteiger partial charge in [0.05, 0.1) is 43.5 Å². The van der Waals surface area contributed by atoms with Gasteiger partial charge < -0.3 is 34.5 Å². The third-order valence-electron chi connectivity index (χ3n) is 7.71. The fourth-order valence-electron chi connectivity index (χ4n) is 4.96. The van der Waals surface area contributed by atoms with Crippen LogP contribution in [0.5, 0.6) is 0 Å². The zero-order valence-electron chi connectivity index (χ0n) is 30.3. The highest BCUT2D eigenvalue weighted by atomic mass is 32.2. The van der Waals surface area contributed by atoms with Crippen LogP contribution in [-0.2, 0) is 49.8 Å². The zero-order valence-corrected chi connectivity index (χ0v) is 31.1. The third-order valence-corrected chi connectivity index (χ3v) is 9.04. The van der Waals surface area contributed by atoms with Crippen molar-refractivity contribution in [3.63, 3.8) is 0 Å². The third kappa shape index (κ3) is 22.6. The number of nitrogens with zero attached hydrogens (tertiary/aromatic N) is 2. The predicted molar refractivity (Wildman–Crippen MR) is 194 cm³/mol. The van der Waals surface area contributed by atoms with Crippen LogP contribution in [0.25, 0.3) is 0 Å². The Morgan fingerprint density at radius 1 is 0.660 bits per heavy atom. The maximum absolute atomic E-state index is 13.0. The quantitative estimate of drug-likeness (QED) is 0.0752. The Labute approximate surface area is 311 Å². The average Bonchev–Trinajstić information content (AvgIpc) is 3.12. The molecule has 0 aliphatic carbocycles. The van der Waals surface area contributed by atoms with Crippen LogP contribution in [-0.4, -0.2) is 112 Å². The van der Waals surface area contributed by atoms with E-state index in [4.69, 9.17) is 29.2 Å². The summed E-state index contributed by atoms with van der Waals surface area (Å²) in [5.74, 6) is -2.48. The number of benzene rings is 1. The molecule has 17 heteroatoms. The number of carboxylic acid groups (broad SMARTS) is 2. The minimum Gasteiger partial charge on any atom is -0.481 e. The van der Waals surface area contributed by atoms with Crippen LogP contribution in [0.1, 0.15) is 93.0 Å². The summed E-state index contributed by atoms with van der Waals surface area (Å²) in [6.07, 6.45) is 13.5. The number of aromatic nitrogens is 2. The van der Waals surface area contributed by atoms with Crippen molar-refractivity contribution in [3.8, 4) is 0 Å². The molecule has 0 saturated heterocycles. The van der Waals surface area contributed by atoms with Crippen molar-refractivity contribution in [3.05, 3.63) is 47.8 Å². The number of aliphatic carboxylic acids is 2. The van der Waals surface area contributed by atoms with Gasteiger partial charge in [-0.05, 0) is 43.4 Å². The molecule has 1 aromatic heterocycles. The fourth-order valence-corrected chi connectivity index (χ4v) is 5.98. The lowest BCUT2D eigenvalue weighted by atomic mass is 10.0. The van der Waals surface area contributed by atoms with E-state index in [1.807, 2.05) is 6.07 Å². The number of hydrogen-bond donors (Lipinski definition) is 4. The molecule has 0 aliphatic rings. The van der Waals surface area contributed by atoms with Gasteiger partial charge in [0, 0.05) is 38.4 Å². The van der Waals surface area contributed by atoms with Crippen molar-refractivity contribution in [2.24, 2.45) is 0 Å². The van der Waals surface area contributed by atoms with Gasteiger partial charge in [0.15, 0.2) is 5.78 Å². The molecule has 4 N–H and O–H groups in total. The van der Waals surface area contributed by atoms with Crippen molar-refractivity contribution in [1.29, 1.82) is 0 Å². The van der Waals surface area contributed by atoms with Crippen LogP contribution in [0.4, 0.5) is 5.95 Å². The van der Waals surface area contributed by atoms with Gasteiger partial charge in [0.25, 0.3) is 15.9 Å². The van der Waals surface area contributed by atoms with E-state index >= 15 is 0 Å². The first-order valence-electron chi connectivity index (χ1n) is 18.0. The molecule has 2 rings (SSSR count). The van der Waals surface area contributed by atoms with Gasteiger partial charge in [-0.2, -0.15) is 0 Å². The number of aryl methyl sites for hydroxylation is 1. The lowest BCUT2D eigenvalue weighted by molar-refractivity contribution is -0.143. The van der Waals surface area contributed by atoms with Crippen molar-refractivity contribution in [2.45, 2.75) is 88.4 Å². The molecule has 2 aromatic rings. The first-order chi connectivity index (χ1) is 25.6. The number of unbranched alkanes of at least 4 members (excludes halogenated alkanes) is 8. The monoisotopic (exact) mass is 766 g/mol. The molecule has 1 amide bonds. The van der Waals surface area contributed by atoms with Crippen molar-refractivity contribution in [1.82, 2.24) is 15.3 Å². The lowest BCUT2D eigenvalue weighted by Crippen LogP contribution is -2.28. The number of amides is 1. The Kier molecular flexibility index (Phi) is 23.5. The van der Waals surface area contributed by atoms with Crippen molar-refractivity contribution >= 4 is 39.6 Å². The van der Waals surface area contributed by atoms with Crippen LogP contribution < -0.4 is 10.0 Å². The molecule has 0 saturated carbocycles. The lowest BCUT2D eigenvalue weighted by Gasteiger charge is -2.09. The molecule has 0 spiro atoms. The van der Waals surface area contributed by atoms with E-state index in [0.29, 0.717) is 13.0 Å². The highest BCUT2D eigenvalue weighted by Crippen LogP contribution is 2.18. The van der Waals surface area contributed by atoms with Crippen LogP contribution in [0.2, 0.25) is 0 Å². The summed E-state index contributed by atoms with van der Waals surface area (Å²) < 4.78 is 49.2. The predicted octanol–water partition coefficient (Wildman–Crippen LogP) is 4.04. The molecule has 0 aliphatic heterocycles. The van der Waals surface area contributed by atoms with Gasteiger partial charge in [0.2, 0.25) is 5.95 Å². The fraction of sp³-hybridized carbons (Fsp3) is 0.611. The Bertz CT molecular complexity index is 1480. The first-order valence-corrected chi connectivity index (χ1v) is 19.5. The van der Waals surface area contributed by atoms with Gasteiger partial charge in [-0.1, -0.05) is 57.1 Å². The number of Topliss-reactive ketones (excluding diaryl/α,β-unsaturated/α-hetero) is 1. The largest absolute Gasteiger partial charge is 0.481 e. The molecule has 0 fully saturated rings. The molecule has 1 aromatic carbocycles. The number of ketones is 1. The van der Waals surface area contributed by atoms with Crippen molar-refractivity contribution < 1.29 is 56.8 Å². The highest BCUT2D eigenvalue weighted by molar-refractivity contribution is 7.92. The highest BCUT2D eigenvalue weighted by Gasteiger charge is 2.17. The SMILES string of the molecule is O=C(O)CCCCCCCCCCCc1cccc(S(=O)(=O)Nc2ncc(C(=O)NCCOCCOCC(=O)CCCOCCOCC(=O)O)cn2)c1. The molecule has 16 nitrogen and oxygen atoms in total. The number of nitrogens with one attached hydrogen (secondary N) is 2. The summed E-state index contributed by atoms with van der Waals surface area (Å²) in [6, 6.07) is 6.75. The molecular weight excluding hydrogens is 712 g/mol. The summed E-state index contributed by atoms with van der Waals surface area (Å²) in [6.45, 7) is 1.18. The van der Waals surface area contributed by atoms with E-state index < -0.39 is 27.9 Å². The Morgan fingerprint density at radius 2 is 1.26 bits per heavy atom. The van der Waals surface area contributed by atoms with Gasteiger partial charge in [-0.3, -0.25) is 14.4 Å². The molecule has 0 atom stereocenters. The molecular formula is C36H54N4O12S. The molecule has 53 heavy (non-hydrogen) atoms. The van der Waals surface area contributed by atoms with Crippen LogP contribution in [0.15, 0.2) is 41.6 Å². The Morgan fingerprint density at radius 3 is 1.92 bits per heavy atom. The van der Waals surface area contributed by atoms with Gasteiger partial charge in [0.1, 0.15) is 13.2 Å². The van der Waals surface area contributed by atoms with Gasteiger partial charge in [-0.15, -0.1) is 0 Å². The van der Waals surface area contributed by atoms with E-state index in [-0.39, 0.29) is 87.8 Å². The number of carbonyl (C=O) groups excluding carboxylic acids is 2. The van der Waals surface area contributed by atoms with E-state index in [2.05, 4.69) is 20.0 Å². The minimum atomic E-state index is -3.95. The molecule has 296 valence electrons. The smallest absolute Gasteiger partial charge is 0.329 e. The summed E-state index contributed by atoms with van der Waals surface area (Å²) in [4.78, 5) is 53.2. The molecule has 1 heterocycles. The van der Waals surface area contributed by atoms with Gasteiger partial charge >= 0.3 is 11.9 Å². The number of carboxylic acids is 2. The number of anilines is 1. The summed E-state index contributed by atoms with van der Waals surface area (Å²) in [5, 5.41) is 19.8. The maximum atomic E-state index is 13.0. The second kappa shape index (κ2) is 27.6. The van der Waals surface area contributed by atoms with Crippen molar-refractivity contribution in [2.75, 3.05) is 64.1 Å². The standard InChI is InChI=1S/C36H54N4O12S/c41-31(14-11-18-49-20-23-52-28-34(44)45)27-51-22-21-50-19-17-37-35(46)30-25-38-36(39-26-30)40-53(47,48)32-15-10-13-29(24-32)12-8-6-4-2-1-3-5-7-9-16-33(42)43/h10,13,15,24-26H,1-9,11-12,14,16-23,27-28H2,(H,37,46)(H,42,43)(H,44,45)(H,38,39,40). The molecule has 0 radical (unpaired) electrons. The number of sulfonamides is 1. The van der Waals surface area contributed by atoms with E-state index in [0.717, 1.165) is 69.8 Å². The molecule has 0 bridgehead atoms. The Hall–Kier alpha value is -4.03. The van der Waals surface area contributed by atoms with Crippen LogP contribution >= 0.6 is 0 Å². The summed E-state index contributed by atoms with van der Waals surface area (Å²) in [5.41, 5.74) is 1.06. The number of ether oxygens (including phenoxy) is 4. The van der Waals surface area contributed by atoms with Crippen LogP contribution in [0, 0.1) is 0 Å². The number of hydrogen-bond acceptors (Lipinski definition) is 12. The number of carbonyl (C=O) groups is 4. The van der Waals surface area contributed by atoms with Gasteiger partial charge in [-0.25, -0.2) is 27.9 Å². The minimum absolute atomic E-state index is 0.0519.